The second kappa shape index (κ2) is 8.15. The normalized spacial score (nSPS) is 11.8. The minimum atomic E-state index is -0.656. The van der Waals surface area contributed by atoms with Gasteiger partial charge in [0.2, 0.25) is 0 Å². The first-order valence-electron chi connectivity index (χ1n) is 6.56. The van der Waals surface area contributed by atoms with E-state index >= 15 is 0 Å². The number of rotatable bonds is 8. The highest BCUT2D eigenvalue weighted by Crippen LogP contribution is 2.17. The van der Waals surface area contributed by atoms with Crippen molar-refractivity contribution in [3.05, 3.63) is 42.5 Å². The van der Waals surface area contributed by atoms with Crippen LogP contribution in [0.15, 0.2) is 36.9 Å². The van der Waals surface area contributed by atoms with Gasteiger partial charge < -0.3 is 9.47 Å². The maximum Gasteiger partial charge on any atom is 0.347 e. The topological polar surface area (TPSA) is 52.6 Å². The van der Waals surface area contributed by atoms with Crippen LogP contribution in [0.2, 0.25) is 0 Å². The van der Waals surface area contributed by atoms with Gasteiger partial charge in [-0.3, -0.25) is 4.79 Å². The molecule has 0 amide bonds. The summed E-state index contributed by atoms with van der Waals surface area (Å²) < 4.78 is 10.7. The van der Waals surface area contributed by atoms with E-state index in [9.17, 15) is 9.59 Å². The van der Waals surface area contributed by atoms with Crippen LogP contribution >= 0.6 is 0 Å². The Morgan fingerprint density at radius 2 is 1.95 bits per heavy atom. The summed E-state index contributed by atoms with van der Waals surface area (Å²) in [6.07, 6.45) is 2.18. The summed E-state index contributed by atoms with van der Waals surface area (Å²) in [7, 11) is 0. The summed E-state index contributed by atoms with van der Waals surface area (Å²) in [5.41, 5.74) is 0.562. The Labute approximate surface area is 119 Å². The van der Waals surface area contributed by atoms with Crippen LogP contribution in [0.25, 0.3) is 0 Å². The lowest BCUT2D eigenvalue weighted by atomic mass is 10.1. The minimum Gasteiger partial charge on any atom is -0.479 e. The van der Waals surface area contributed by atoms with Crippen molar-refractivity contribution in [2.24, 2.45) is 5.92 Å². The van der Waals surface area contributed by atoms with Gasteiger partial charge in [-0.1, -0.05) is 26.5 Å². The third kappa shape index (κ3) is 5.26. The van der Waals surface area contributed by atoms with Crippen molar-refractivity contribution >= 4 is 12.3 Å². The first kappa shape index (κ1) is 16.0. The second-order valence-corrected chi connectivity index (χ2v) is 4.84. The molecule has 0 saturated carbocycles. The van der Waals surface area contributed by atoms with E-state index < -0.39 is 12.1 Å². The fourth-order valence-corrected chi connectivity index (χ4v) is 1.64. The van der Waals surface area contributed by atoms with Crippen molar-refractivity contribution in [3.63, 3.8) is 0 Å². The molecule has 0 aliphatic carbocycles. The first-order chi connectivity index (χ1) is 9.56. The summed E-state index contributed by atoms with van der Waals surface area (Å²) >= 11 is 0. The average molecular weight is 276 g/mol. The van der Waals surface area contributed by atoms with Crippen LogP contribution in [-0.4, -0.2) is 25.0 Å². The van der Waals surface area contributed by atoms with E-state index in [2.05, 4.69) is 6.58 Å². The zero-order chi connectivity index (χ0) is 15.0. The maximum atomic E-state index is 11.9. The predicted octanol–water partition coefficient (Wildman–Crippen LogP) is 3.02. The average Bonchev–Trinajstić information content (AvgIpc) is 2.44. The molecule has 0 radical (unpaired) electrons. The molecule has 1 aromatic carbocycles. The molecule has 108 valence electrons. The standard InChI is InChI=1S/C16H20O4/c1-4-9-19-16(18)15(10-12(2)3)20-14-7-5-13(11-17)6-8-14/h4-8,11-12,15H,1,9-10H2,2-3H3/t15-/m1/s1. The lowest BCUT2D eigenvalue weighted by molar-refractivity contribution is -0.151. The lowest BCUT2D eigenvalue weighted by Crippen LogP contribution is -2.31. The Morgan fingerprint density at radius 1 is 1.30 bits per heavy atom. The van der Waals surface area contributed by atoms with Gasteiger partial charge in [-0.15, -0.1) is 0 Å². The molecule has 0 N–H and O–H groups in total. The van der Waals surface area contributed by atoms with Crippen molar-refractivity contribution in [1.82, 2.24) is 0 Å². The maximum absolute atomic E-state index is 11.9. The minimum absolute atomic E-state index is 0.168. The summed E-state index contributed by atoms with van der Waals surface area (Å²) in [5.74, 6) is 0.431. The van der Waals surface area contributed by atoms with Gasteiger partial charge >= 0.3 is 5.97 Å². The fourth-order valence-electron chi connectivity index (χ4n) is 1.64. The monoisotopic (exact) mass is 276 g/mol. The summed E-state index contributed by atoms with van der Waals surface area (Å²) in [4.78, 5) is 22.5. The van der Waals surface area contributed by atoms with Gasteiger partial charge in [-0.2, -0.15) is 0 Å². The number of benzene rings is 1. The molecule has 1 rings (SSSR count). The zero-order valence-electron chi connectivity index (χ0n) is 11.9. The molecule has 0 aliphatic rings. The third-order valence-electron chi connectivity index (χ3n) is 2.59. The Hall–Kier alpha value is -2.10. The van der Waals surface area contributed by atoms with Crippen molar-refractivity contribution < 1.29 is 19.1 Å². The number of carbonyl (C=O) groups excluding carboxylic acids is 2. The zero-order valence-corrected chi connectivity index (χ0v) is 11.9. The van der Waals surface area contributed by atoms with Crippen molar-refractivity contribution in [2.45, 2.75) is 26.4 Å². The highest BCUT2D eigenvalue weighted by molar-refractivity contribution is 5.76. The van der Waals surface area contributed by atoms with Crippen molar-refractivity contribution in [2.75, 3.05) is 6.61 Å². The van der Waals surface area contributed by atoms with E-state index in [-0.39, 0.29) is 6.61 Å². The van der Waals surface area contributed by atoms with Gasteiger partial charge in [0.05, 0.1) is 0 Å². The van der Waals surface area contributed by atoms with Crippen LogP contribution in [0.3, 0.4) is 0 Å². The van der Waals surface area contributed by atoms with Crippen molar-refractivity contribution in [1.29, 1.82) is 0 Å². The van der Waals surface area contributed by atoms with Gasteiger partial charge in [0, 0.05) is 5.56 Å². The molecule has 20 heavy (non-hydrogen) atoms. The number of hydrogen-bond donors (Lipinski definition) is 0. The number of hydrogen-bond acceptors (Lipinski definition) is 4. The highest BCUT2D eigenvalue weighted by atomic mass is 16.6. The summed E-state index contributed by atoms with van der Waals surface area (Å²) in [6.45, 7) is 7.69. The quantitative estimate of drug-likeness (QED) is 0.416. The molecule has 4 heteroatoms. The molecular weight excluding hydrogens is 256 g/mol. The van der Waals surface area contributed by atoms with E-state index in [1.54, 1.807) is 24.3 Å². The molecule has 0 unspecified atom stereocenters. The highest BCUT2D eigenvalue weighted by Gasteiger charge is 2.23. The van der Waals surface area contributed by atoms with Crippen LogP contribution in [0.4, 0.5) is 0 Å². The Kier molecular flexibility index (Phi) is 6.50. The first-order valence-corrected chi connectivity index (χ1v) is 6.56. The Balaban J connectivity index is 2.73. The summed E-state index contributed by atoms with van der Waals surface area (Å²) in [5, 5.41) is 0. The van der Waals surface area contributed by atoms with E-state index in [4.69, 9.17) is 9.47 Å². The largest absolute Gasteiger partial charge is 0.479 e. The molecule has 1 atom stereocenters. The van der Waals surface area contributed by atoms with Crippen LogP contribution in [0.1, 0.15) is 30.6 Å². The molecule has 0 aliphatic heterocycles. The number of ether oxygens (including phenoxy) is 2. The van der Waals surface area contributed by atoms with Gasteiger partial charge in [0.1, 0.15) is 18.6 Å². The number of aldehydes is 1. The second-order valence-electron chi connectivity index (χ2n) is 4.84. The fraction of sp³-hybridized carbons (Fsp3) is 0.375. The van der Waals surface area contributed by atoms with Gasteiger partial charge in [0.25, 0.3) is 0 Å². The SMILES string of the molecule is C=CCOC(=O)[C@@H](CC(C)C)Oc1ccc(C=O)cc1. The molecule has 0 saturated heterocycles. The van der Waals surface area contributed by atoms with Crippen LogP contribution < -0.4 is 4.74 Å². The molecule has 0 aromatic heterocycles. The number of carbonyl (C=O) groups is 2. The predicted molar refractivity (Wildman–Crippen MR) is 76.9 cm³/mol. The van der Waals surface area contributed by atoms with Gasteiger partial charge in [-0.25, -0.2) is 4.79 Å². The van der Waals surface area contributed by atoms with Crippen LogP contribution in [-0.2, 0) is 9.53 Å². The third-order valence-corrected chi connectivity index (χ3v) is 2.59. The molecule has 4 nitrogen and oxygen atoms in total. The molecule has 0 fully saturated rings. The molecule has 0 bridgehead atoms. The van der Waals surface area contributed by atoms with E-state index in [1.807, 2.05) is 13.8 Å². The molecule has 0 heterocycles. The molecule has 0 spiro atoms. The molecular formula is C16H20O4. The van der Waals surface area contributed by atoms with Gasteiger partial charge in [0.15, 0.2) is 6.10 Å². The van der Waals surface area contributed by atoms with Crippen LogP contribution in [0, 0.1) is 5.92 Å². The lowest BCUT2D eigenvalue weighted by Gasteiger charge is -2.19. The number of esters is 1. The van der Waals surface area contributed by atoms with Crippen molar-refractivity contribution in [3.8, 4) is 5.75 Å². The Bertz CT molecular complexity index is 448. The summed E-state index contributed by atoms with van der Waals surface area (Å²) in [6, 6.07) is 6.61. The smallest absolute Gasteiger partial charge is 0.347 e. The van der Waals surface area contributed by atoms with Gasteiger partial charge in [-0.05, 0) is 36.6 Å². The Morgan fingerprint density at radius 3 is 2.45 bits per heavy atom. The van der Waals surface area contributed by atoms with E-state index in [1.165, 1.54) is 6.08 Å². The van der Waals surface area contributed by atoms with Crippen LogP contribution in [0.5, 0.6) is 5.75 Å². The van der Waals surface area contributed by atoms with E-state index in [0.717, 1.165) is 6.29 Å². The van der Waals surface area contributed by atoms with E-state index in [0.29, 0.717) is 23.7 Å². The molecule has 1 aromatic rings.